The van der Waals surface area contributed by atoms with E-state index in [1.54, 1.807) is 0 Å². The van der Waals surface area contributed by atoms with Crippen LogP contribution in [0.3, 0.4) is 0 Å². The Hall–Kier alpha value is -12.9. The Morgan fingerprint density at radius 3 is 0.938 bits per heavy atom. The molecule has 0 spiro atoms. The van der Waals surface area contributed by atoms with E-state index in [0.29, 0.717) is 0 Å². The van der Waals surface area contributed by atoms with Crippen LogP contribution in [0.5, 0.6) is 0 Å². The lowest BCUT2D eigenvalue weighted by atomic mass is 10.0. The second kappa shape index (κ2) is 21.3. The quantitative estimate of drug-likeness (QED) is 0.160. The first kappa shape index (κ1) is 53.7. The number of aromatic nitrogens is 4. The molecule has 0 aliphatic heterocycles. The minimum Gasteiger partial charge on any atom is -0.454 e. The maximum Gasteiger partial charge on any atom is 0.159 e. The van der Waals surface area contributed by atoms with Crippen LogP contribution < -0.4 is 0 Å². The molecule has 6 heteroatoms. The van der Waals surface area contributed by atoms with Gasteiger partial charge in [0.2, 0.25) is 0 Å². The highest BCUT2D eigenvalue weighted by atomic mass is 16.3. The number of nitrogens with zero attached hydrogens (tertiary/aromatic N) is 4. The van der Waals surface area contributed by atoms with Crippen molar-refractivity contribution in [3.05, 3.63) is 340 Å². The van der Waals surface area contributed by atoms with Gasteiger partial charge in [-0.25, -0.2) is 0 Å². The molecular weight excluding hydrogens is 1170 g/mol. The Morgan fingerprint density at radius 1 is 0.177 bits per heavy atom. The van der Waals surface area contributed by atoms with E-state index in [0.717, 1.165) is 82.9 Å². The standard InChI is InChI=1S/C48H30N2O.C42H26N2O/c1-3-13-31(14-4-1)35-19-11-20-38-39-21-12-24-46(48(39)51-47(35)38)50-43-23-10-8-18-37(43)41-30-33(26-28-45(41)50)32-25-27-44-40(29-32)36-17-7-9-22-42(36)49(44)34-15-5-2-6-16-34;1-2-11-29(12-3-1)43-36-17-7-4-13-30(36)34-25-27(21-23-38(34)43)28-22-24-39-35(26-28)31-14-5-8-18-37(31)44(39)40-19-10-16-33-32-15-6-9-20-41(32)45-42(33)40/h1-30H;1-26H. The van der Waals surface area contributed by atoms with E-state index in [1.165, 1.54) is 104 Å². The molecule has 0 radical (unpaired) electrons. The molecule has 0 fully saturated rings. The maximum absolute atomic E-state index is 6.87. The minimum atomic E-state index is 0.892. The second-order valence-electron chi connectivity index (χ2n) is 25.1. The van der Waals surface area contributed by atoms with Crippen molar-refractivity contribution < 1.29 is 8.83 Å². The molecule has 6 heterocycles. The fourth-order valence-electron chi connectivity index (χ4n) is 15.6. The number of fused-ring (bicyclic) bond motifs is 18. The summed E-state index contributed by atoms with van der Waals surface area (Å²) in [7, 11) is 0. The third-order valence-electron chi connectivity index (χ3n) is 19.8. The normalized spacial score (nSPS) is 12.0. The Morgan fingerprint density at radius 2 is 0.490 bits per heavy atom. The van der Waals surface area contributed by atoms with Gasteiger partial charge in [-0.3, -0.25) is 0 Å². The van der Waals surface area contributed by atoms with Crippen molar-refractivity contribution in [2.75, 3.05) is 0 Å². The molecule has 0 bridgehead atoms. The van der Waals surface area contributed by atoms with E-state index < -0.39 is 0 Å². The van der Waals surface area contributed by atoms with Crippen LogP contribution in [-0.2, 0) is 0 Å². The summed E-state index contributed by atoms with van der Waals surface area (Å²) in [6, 6.07) is 122. The summed E-state index contributed by atoms with van der Waals surface area (Å²) in [5, 5.41) is 14.4. The van der Waals surface area contributed by atoms with E-state index in [9.17, 15) is 0 Å². The minimum absolute atomic E-state index is 0.892. The van der Waals surface area contributed by atoms with Crippen molar-refractivity contribution >= 4 is 131 Å². The number of hydrogen-bond acceptors (Lipinski definition) is 2. The third-order valence-corrected chi connectivity index (χ3v) is 19.8. The van der Waals surface area contributed by atoms with Gasteiger partial charge in [-0.05, 0) is 143 Å². The third kappa shape index (κ3) is 8.19. The summed E-state index contributed by atoms with van der Waals surface area (Å²) in [5.41, 5.74) is 24.6. The van der Waals surface area contributed by atoms with E-state index in [1.807, 2.05) is 12.1 Å². The van der Waals surface area contributed by atoms with Crippen molar-refractivity contribution in [1.82, 2.24) is 18.3 Å². The Labute approximate surface area is 550 Å². The van der Waals surface area contributed by atoms with Crippen molar-refractivity contribution in [2.45, 2.75) is 0 Å². The van der Waals surface area contributed by atoms with Crippen molar-refractivity contribution in [1.29, 1.82) is 0 Å². The van der Waals surface area contributed by atoms with Crippen molar-refractivity contribution in [3.8, 4) is 56.1 Å². The molecule has 0 amide bonds. The van der Waals surface area contributed by atoms with E-state index in [4.69, 9.17) is 8.83 Å². The maximum atomic E-state index is 6.87. The monoisotopic (exact) mass is 1220 g/mol. The Balaban J connectivity index is 0.000000132. The molecule has 0 atom stereocenters. The first-order valence-corrected chi connectivity index (χ1v) is 32.8. The summed E-state index contributed by atoms with van der Waals surface area (Å²) < 4.78 is 22.8. The molecule has 15 aromatic carbocycles. The highest BCUT2D eigenvalue weighted by Crippen LogP contribution is 2.45. The van der Waals surface area contributed by atoms with Gasteiger partial charge in [0, 0.05) is 81.6 Å². The second-order valence-corrected chi connectivity index (χ2v) is 25.1. The molecule has 0 unspecified atom stereocenters. The summed E-state index contributed by atoms with van der Waals surface area (Å²) in [6.07, 6.45) is 0. The van der Waals surface area contributed by atoms with Crippen LogP contribution in [0.2, 0.25) is 0 Å². The first-order valence-electron chi connectivity index (χ1n) is 32.8. The highest BCUT2D eigenvalue weighted by molar-refractivity contribution is 6.18. The lowest BCUT2D eigenvalue weighted by Crippen LogP contribution is -1.94. The van der Waals surface area contributed by atoms with Gasteiger partial charge in [0.1, 0.15) is 11.2 Å². The molecule has 448 valence electrons. The van der Waals surface area contributed by atoms with E-state index in [2.05, 4.69) is 346 Å². The van der Waals surface area contributed by atoms with Crippen molar-refractivity contribution in [2.24, 2.45) is 0 Å². The summed E-state index contributed by atoms with van der Waals surface area (Å²) in [5.74, 6) is 0. The van der Waals surface area contributed by atoms with Gasteiger partial charge in [0.05, 0.1) is 55.5 Å². The molecule has 21 aromatic rings. The molecule has 21 rings (SSSR count). The highest BCUT2D eigenvalue weighted by Gasteiger charge is 2.23. The smallest absolute Gasteiger partial charge is 0.159 e. The zero-order valence-corrected chi connectivity index (χ0v) is 51.9. The number of para-hydroxylation sites is 10. The van der Waals surface area contributed by atoms with E-state index in [-0.39, 0.29) is 0 Å². The van der Waals surface area contributed by atoms with Gasteiger partial charge in [0.25, 0.3) is 0 Å². The molecule has 0 saturated carbocycles. The molecular formula is C90H56N4O2. The largest absolute Gasteiger partial charge is 0.454 e. The number of rotatable bonds is 7. The predicted octanol–water partition coefficient (Wildman–Crippen LogP) is 24.6. The topological polar surface area (TPSA) is 46.0 Å². The van der Waals surface area contributed by atoms with Gasteiger partial charge >= 0.3 is 0 Å². The number of benzene rings is 15. The molecule has 6 nitrogen and oxygen atoms in total. The van der Waals surface area contributed by atoms with Crippen LogP contribution in [0.25, 0.3) is 187 Å². The van der Waals surface area contributed by atoms with Gasteiger partial charge in [-0.1, -0.05) is 224 Å². The van der Waals surface area contributed by atoms with Gasteiger partial charge in [0.15, 0.2) is 11.2 Å². The molecule has 0 N–H and O–H groups in total. The summed E-state index contributed by atoms with van der Waals surface area (Å²) in [4.78, 5) is 0. The fraction of sp³-hybridized carbons (Fsp3) is 0. The van der Waals surface area contributed by atoms with Gasteiger partial charge in [-0.2, -0.15) is 0 Å². The van der Waals surface area contributed by atoms with Gasteiger partial charge < -0.3 is 27.1 Å². The van der Waals surface area contributed by atoms with Crippen LogP contribution in [0.4, 0.5) is 0 Å². The van der Waals surface area contributed by atoms with Crippen LogP contribution in [0.1, 0.15) is 0 Å². The molecule has 96 heavy (non-hydrogen) atoms. The van der Waals surface area contributed by atoms with Crippen LogP contribution >= 0.6 is 0 Å². The summed E-state index contributed by atoms with van der Waals surface area (Å²) in [6.45, 7) is 0. The van der Waals surface area contributed by atoms with Crippen LogP contribution in [0.15, 0.2) is 349 Å². The zero-order valence-electron chi connectivity index (χ0n) is 51.9. The summed E-state index contributed by atoms with van der Waals surface area (Å²) >= 11 is 0. The lowest BCUT2D eigenvalue weighted by Gasteiger charge is -2.10. The zero-order chi connectivity index (χ0) is 63.0. The lowest BCUT2D eigenvalue weighted by molar-refractivity contribution is 0.666. The molecule has 0 aliphatic rings. The fourth-order valence-corrected chi connectivity index (χ4v) is 15.6. The molecule has 0 saturated heterocycles. The predicted molar refractivity (Wildman–Crippen MR) is 401 cm³/mol. The SMILES string of the molecule is c1ccc(-c2cccc3c2oc2c(-n4c5ccccc5c5cc(-c6ccc7c(c6)c6ccccc6n7-c6ccccc6)ccc54)cccc23)cc1.c1ccc(-n2c3ccccc3c3cc(-c4ccc5c(c4)c4ccccc4n5-c4cccc5c4oc4ccccc45)ccc32)cc1. The van der Waals surface area contributed by atoms with Crippen LogP contribution in [-0.4, -0.2) is 18.3 Å². The Bertz CT molecular complexity index is 6700. The van der Waals surface area contributed by atoms with E-state index >= 15 is 0 Å². The van der Waals surface area contributed by atoms with Gasteiger partial charge in [-0.15, -0.1) is 0 Å². The average Bonchev–Trinajstić information content (AvgIpc) is 1.45. The molecule has 0 aliphatic carbocycles. The average molecular weight is 1230 g/mol. The number of hydrogen-bond donors (Lipinski definition) is 0. The van der Waals surface area contributed by atoms with Crippen LogP contribution in [0, 0.1) is 0 Å². The molecule has 6 aromatic heterocycles. The first-order chi connectivity index (χ1) is 47.6. The Kier molecular flexibility index (Phi) is 11.9. The van der Waals surface area contributed by atoms with Crippen molar-refractivity contribution in [3.63, 3.8) is 0 Å². The number of furan rings is 2.